The van der Waals surface area contributed by atoms with Crippen LogP contribution in [0.3, 0.4) is 0 Å². The van der Waals surface area contributed by atoms with Gasteiger partial charge in [-0.15, -0.1) is 0 Å². The number of hydrogen-bond donors (Lipinski definition) is 1. The molecule has 1 atom stereocenters. The van der Waals surface area contributed by atoms with Crippen LogP contribution < -0.4 is 0 Å². The molecule has 1 saturated heterocycles. The highest BCUT2D eigenvalue weighted by atomic mass is 19.4. The Hall–Kier alpha value is -1.64. The molecule has 21 heavy (non-hydrogen) atoms. The molecule has 1 aromatic heterocycles. The zero-order valence-electron chi connectivity index (χ0n) is 11.6. The lowest BCUT2D eigenvalue weighted by molar-refractivity contribution is -0.227. The molecule has 2 rings (SSSR count). The molecule has 0 aliphatic carbocycles. The fraction of sp³-hybridized carbons (Fsp3) is 0.750. The van der Waals surface area contributed by atoms with Crippen LogP contribution >= 0.6 is 0 Å². The van der Waals surface area contributed by atoms with Gasteiger partial charge < -0.3 is 9.63 Å². The summed E-state index contributed by atoms with van der Waals surface area (Å²) in [7, 11) is 0. The normalized spacial score (nSPS) is 23.9. The molecule has 118 valence electrons. The number of carboxylic acid groups (broad SMARTS) is 1. The van der Waals surface area contributed by atoms with Gasteiger partial charge in [-0.2, -0.15) is 18.2 Å². The highest BCUT2D eigenvalue weighted by Crippen LogP contribution is 2.45. The van der Waals surface area contributed by atoms with E-state index in [1.165, 1.54) is 4.90 Å². The van der Waals surface area contributed by atoms with Crippen molar-refractivity contribution in [2.75, 3.05) is 13.1 Å². The third-order valence-corrected chi connectivity index (χ3v) is 3.66. The number of alkyl halides is 3. The topological polar surface area (TPSA) is 79.5 Å². The van der Waals surface area contributed by atoms with Gasteiger partial charge in [-0.25, -0.2) is 0 Å². The van der Waals surface area contributed by atoms with Gasteiger partial charge in [0.15, 0.2) is 11.2 Å². The summed E-state index contributed by atoms with van der Waals surface area (Å²) >= 11 is 0. The summed E-state index contributed by atoms with van der Waals surface area (Å²) in [6.45, 7) is 3.16. The summed E-state index contributed by atoms with van der Waals surface area (Å²) in [5, 5.41) is 12.7. The Morgan fingerprint density at radius 1 is 1.52 bits per heavy atom. The first-order valence-corrected chi connectivity index (χ1v) is 6.50. The summed E-state index contributed by atoms with van der Waals surface area (Å²) in [6, 6.07) is 0. The van der Waals surface area contributed by atoms with E-state index in [4.69, 9.17) is 9.63 Å². The van der Waals surface area contributed by atoms with Crippen molar-refractivity contribution >= 4 is 5.97 Å². The van der Waals surface area contributed by atoms with Crippen LogP contribution in [-0.2, 0) is 11.3 Å². The molecule has 6 nitrogen and oxygen atoms in total. The minimum Gasteiger partial charge on any atom is -0.481 e. The van der Waals surface area contributed by atoms with Crippen LogP contribution in [0, 0.1) is 5.41 Å². The maximum atomic E-state index is 13.0. The minimum atomic E-state index is -4.79. The van der Waals surface area contributed by atoms with Gasteiger partial charge in [-0.05, 0) is 6.42 Å². The maximum absolute atomic E-state index is 13.0. The fourth-order valence-electron chi connectivity index (χ4n) is 2.31. The monoisotopic (exact) mass is 307 g/mol. The molecule has 9 heteroatoms. The minimum absolute atomic E-state index is 0.0187. The third-order valence-electron chi connectivity index (χ3n) is 3.66. The predicted molar refractivity (Wildman–Crippen MR) is 64.4 cm³/mol. The smallest absolute Gasteiger partial charge is 0.406 e. The van der Waals surface area contributed by atoms with E-state index in [2.05, 4.69) is 10.1 Å². The maximum Gasteiger partial charge on any atom is 0.406 e. The molecule has 1 aliphatic heterocycles. The van der Waals surface area contributed by atoms with E-state index in [0.717, 1.165) is 0 Å². The molecule has 1 aliphatic rings. The van der Waals surface area contributed by atoms with Crippen molar-refractivity contribution in [2.24, 2.45) is 5.41 Å². The van der Waals surface area contributed by atoms with Crippen molar-refractivity contribution in [3.8, 4) is 0 Å². The Bertz CT molecular complexity index is 529. The summed E-state index contributed by atoms with van der Waals surface area (Å²) in [5.41, 5.74) is -2.71. The predicted octanol–water partition coefficient (Wildman–Crippen LogP) is 2.03. The van der Waals surface area contributed by atoms with E-state index in [9.17, 15) is 18.0 Å². The molecule has 1 fully saturated rings. The van der Waals surface area contributed by atoms with Gasteiger partial charge in [-0.1, -0.05) is 19.0 Å². The van der Waals surface area contributed by atoms with E-state index in [0.29, 0.717) is 5.82 Å². The van der Waals surface area contributed by atoms with Crippen molar-refractivity contribution in [3.05, 3.63) is 11.7 Å². The molecular weight excluding hydrogens is 291 g/mol. The zero-order chi connectivity index (χ0) is 15.8. The lowest BCUT2D eigenvalue weighted by atomic mass is 9.86. The molecule has 1 aromatic rings. The second-order valence-electron chi connectivity index (χ2n) is 5.55. The van der Waals surface area contributed by atoms with E-state index >= 15 is 0 Å². The van der Waals surface area contributed by atoms with Crippen LogP contribution in [0.5, 0.6) is 0 Å². The van der Waals surface area contributed by atoms with Crippen molar-refractivity contribution in [1.82, 2.24) is 15.0 Å². The first-order chi connectivity index (χ1) is 9.65. The standard InChI is InChI=1S/C12H16F3N3O3/c1-7(2)9-16-8(21-17-9)5-18-4-3-11(6-18,10(19)20)12(13,14)15/h7H,3-6H2,1-2H3,(H,19,20). The summed E-state index contributed by atoms with van der Waals surface area (Å²) in [4.78, 5) is 16.5. The Morgan fingerprint density at radius 3 is 2.62 bits per heavy atom. The molecule has 2 heterocycles. The van der Waals surface area contributed by atoms with Gasteiger partial charge in [0.25, 0.3) is 0 Å². The van der Waals surface area contributed by atoms with E-state index in [1.54, 1.807) is 0 Å². The quantitative estimate of drug-likeness (QED) is 0.917. The highest BCUT2D eigenvalue weighted by molar-refractivity contribution is 5.76. The number of nitrogens with zero attached hydrogens (tertiary/aromatic N) is 3. The number of rotatable bonds is 4. The van der Waals surface area contributed by atoms with Crippen LogP contribution in [-0.4, -0.2) is 45.4 Å². The number of carbonyl (C=O) groups is 1. The molecule has 0 amide bonds. The van der Waals surface area contributed by atoms with Gasteiger partial charge in [0, 0.05) is 19.0 Å². The van der Waals surface area contributed by atoms with Crippen molar-refractivity contribution in [2.45, 2.75) is 38.9 Å². The Kier molecular flexibility index (Phi) is 3.96. The van der Waals surface area contributed by atoms with E-state index in [1.807, 2.05) is 13.8 Å². The molecule has 0 aromatic carbocycles. The highest BCUT2D eigenvalue weighted by Gasteiger charge is 2.63. The fourth-order valence-corrected chi connectivity index (χ4v) is 2.31. The second kappa shape index (κ2) is 5.28. The summed E-state index contributed by atoms with van der Waals surface area (Å²) in [5.74, 6) is -1.12. The van der Waals surface area contributed by atoms with E-state index < -0.39 is 30.5 Å². The van der Waals surface area contributed by atoms with Crippen molar-refractivity contribution in [1.29, 1.82) is 0 Å². The van der Waals surface area contributed by atoms with Crippen LogP contribution in [0.15, 0.2) is 4.52 Å². The Morgan fingerprint density at radius 2 is 2.19 bits per heavy atom. The van der Waals surface area contributed by atoms with Crippen LogP contribution in [0.25, 0.3) is 0 Å². The average Bonchev–Trinajstić information content (AvgIpc) is 2.95. The van der Waals surface area contributed by atoms with Gasteiger partial charge in [0.05, 0.1) is 6.54 Å². The Labute approximate surface area is 118 Å². The van der Waals surface area contributed by atoms with Crippen molar-refractivity contribution < 1.29 is 27.6 Å². The molecule has 0 bridgehead atoms. The van der Waals surface area contributed by atoms with Crippen LogP contribution in [0.4, 0.5) is 13.2 Å². The number of aliphatic carboxylic acids is 1. The lowest BCUT2D eigenvalue weighted by Crippen LogP contribution is -2.47. The van der Waals surface area contributed by atoms with Gasteiger partial charge >= 0.3 is 12.1 Å². The zero-order valence-corrected chi connectivity index (χ0v) is 11.6. The van der Waals surface area contributed by atoms with Crippen molar-refractivity contribution in [3.63, 3.8) is 0 Å². The SMILES string of the molecule is CC(C)c1noc(CN2CCC(C(=O)O)(C(F)(F)F)C2)n1. The molecule has 0 spiro atoms. The number of carboxylic acids is 1. The Balaban J connectivity index is 2.09. The average molecular weight is 307 g/mol. The first kappa shape index (κ1) is 15.7. The molecule has 0 radical (unpaired) electrons. The van der Waals surface area contributed by atoms with Gasteiger partial charge in [0.1, 0.15) is 0 Å². The number of likely N-dealkylation sites (tertiary alicyclic amines) is 1. The summed E-state index contributed by atoms with van der Waals surface area (Å²) in [6.07, 6.45) is -5.26. The van der Waals surface area contributed by atoms with E-state index in [-0.39, 0.29) is 24.9 Å². The second-order valence-corrected chi connectivity index (χ2v) is 5.55. The third kappa shape index (κ3) is 2.87. The number of aromatic nitrogens is 2. The molecule has 1 unspecified atom stereocenters. The number of hydrogen-bond acceptors (Lipinski definition) is 5. The van der Waals surface area contributed by atoms with Crippen LogP contribution in [0.2, 0.25) is 0 Å². The molecule has 0 saturated carbocycles. The van der Waals surface area contributed by atoms with Gasteiger partial charge in [0.2, 0.25) is 5.89 Å². The van der Waals surface area contributed by atoms with Crippen LogP contribution in [0.1, 0.15) is 37.9 Å². The lowest BCUT2D eigenvalue weighted by Gasteiger charge is -2.27. The molecule has 1 N–H and O–H groups in total. The van der Waals surface area contributed by atoms with Gasteiger partial charge in [-0.3, -0.25) is 9.69 Å². The summed E-state index contributed by atoms with van der Waals surface area (Å²) < 4.78 is 44.1. The first-order valence-electron chi connectivity index (χ1n) is 6.50. The number of halogens is 3. The largest absolute Gasteiger partial charge is 0.481 e. The molecular formula is C12H16F3N3O3.